The molecular weight excluding hydrogens is 448 g/mol. The van der Waals surface area contributed by atoms with E-state index < -0.39 is 11.6 Å². The zero-order valence-corrected chi connectivity index (χ0v) is 22.0. The highest BCUT2D eigenvalue weighted by Crippen LogP contribution is 2.34. The van der Waals surface area contributed by atoms with Crippen molar-refractivity contribution >= 4 is 11.8 Å². The van der Waals surface area contributed by atoms with Crippen molar-refractivity contribution in [2.45, 2.75) is 76.8 Å². The molecule has 0 saturated carbocycles. The standard InChI is InChI=1S/C30H42N4O2/c1-24(2)22-27-28(35)34(19-14-26-13-9-17-31-23-26)30(29(36)32-27)15-20-33(21-16-30)18-8-4-7-12-25-10-5-3-6-11-25/h3,5-6,9-11,13,17,23-24,27H,4,7-8,12,14-16,18-22H2,1-2H3,(H,32,36)/t27-/m0/s1. The van der Waals surface area contributed by atoms with E-state index in [1.165, 1.54) is 24.8 Å². The third kappa shape index (κ3) is 6.52. The van der Waals surface area contributed by atoms with Crippen LogP contribution in [-0.2, 0) is 22.4 Å². The fourth-order valence-electron chi connectivity index (χ4n) is 5.75. The summed E-state index contributed by atoms with van der Waals surface area (Å²) >= 11 is 0. The van der Waals surface area contributed by atoms with Gasteiger partial charge in [-0.25, -0.2) is 0 Å². The molecule has 1 aromatic heterocycles. The largest absolute Gasteiger partial charge is 0.342 e. The SMILES string of the molecule is CC(C)C[C@@H]1NC(=O)C2(CCN(CCCCCc3ccccc3)CC2)N(CCc2cccnc2)C1=O. The number of aryl methyl sites for hydroxylation is 1. The second-order valence-corrected chi connectivity index (χ2v) is 10.9. The molecule has 2 aliphatic rings. The van der Waals surface area contributed by atoms with Gasteiger partial charge in [0.1, 0.15) is 11.6 Å². The highest BCUT2D eigenvalue weighted by molar-refractivity contribution is 6.00. The van der Waals surface area contributed by atoms with Gasteiger partial charge in [-0.3, -0.25) is 14.6 Å². The molecule has 2 amide bonds. The lowest BCUT2D eigenvalue weighted by atomic mass is 9.80. The van der Waals surface area contributed by atoms with Gasteiger partial charge in [0, 0.05) is 32.0 Å². The molecule has 0 unspecified atom stereocenters. The smallest absolute Gasteiger partial charge is 0.246 e. The number of nitrogens with zero attached hydrogens (tertiary/aromatic N) is 3. The molecule has 0 radical (unpaired) electrons. The molecule has 4 rings (SSSR count). The van der Waals surface area contributed by atoms with Gasteiger partial charge in [-0.05, 0) is 74.6 Å². The van der Waals surface area contributed by atoms with Gasteiger partial charge in [-0.2, -0.15) is 0 Å². The van der Waals surface area contributed by atoms with Gasteiger partial charge in [0.15, 0.2) is 0 Å². The van der Waals surface area contributed by atoms with Crippen LogP contribution in [0.3, 0.4) is 0 Å². The van der Waals surface area contributed by atoms with E-state index in [0.717, 1.165) is 31.6 Å². The number of benzene rings is 1. The normalized spacial score (nSPS) is 20.2. The summed E-state index contributed by atoms with van der Waals surface area (Å²) < 4.78 is 0. The van der Waals surface area contributed by atoms with E-state index in [2.05, 4.69) is 59.4 Å². The van der Waals surface area contributed by atoms with Crippen molar-refractivity contribution in [2.75, 3.05) is 26.2 Å². The molecule has 1 spiro atoms. The third-order valence-corrected chi connectivity index (χ3v) is 7.83. The fraction of sp³-hybridized carbons (Fsp3) is 0.567. The van der Waals surface area contributed by atoms with Crippen LogP contribution in [0.1, 0.15) is 63.5 Å². The maximum atomic E-state index is 13.6. The summed E-state index contributed by atoms with van der Waals surface area (Å²) in [6, 6.07) is 14.2. The number of likely N-dealkylation sites (tertiary alicyclic amines) is 1. The Balaban J connectivity index is 1.33. The molecule has 0 bridgehead atoms. The van der Waals surface area contributed by atoms with Crippen LogP contribution in [-0.4, -0.2) is 64.4 Å². The number of nitrogens with one attached hydrogen (secondary N) is 1. The number of unbranched alkanes of at least 4 members (excludes halogenated alkanes) is 2. The van der Waals surface area contributed by atoms with Crippen molar-refractivity contribution in [3.63, 3.8) is 0 Å². The van der Waals surface area contributed by atoms with Crippen molar-refractivity contribution in [1.82, 2.24) is 20.1 Å². The molecular formula is C30H42N4O2. The van der Waals surface area contributed by atoms with Gasteiger partial charge < -0.3 is 15.1 Å². The van der Waals surface area contributed by atoms with Gasteiger partial charge in [-0.1, -0.05) is 56.7 Å². The number of carbonyl (C=O) groups is 2. The van der Waals surface area contributed by atoms with E-state index in [0.29, 0.717) is 38.1 Å². The zero-order valence-electron chi connectivity index (χ0n) is 22.0. The Labute approximate surface area is 216 Å². The molecule has 1 atom stereocenters. The highest BCUT2D eigenvalue weighted by Gasteiger charge is 2.53. The minimum atomic E-state index is -0.726. The minimum Gasteiger partial charge on any atom is -0.342 e. The van der Waals surface area contributed by atoms with E-state index >= 15 is 0 Å². The number of amides is 2. The molecule has 2 aliphatic heterocycles. The number of piperazine rings is 1. The maximum Gasteiger partial charge on any atom is 0.246 e. The summed E-state index contributed by atoms with van der Waals surface area (Å²) in [5.74, 6) is 0.472. The van der Waals surface area contributed by atoms with Gasteiger partial charge >= 0.3 is 0 Å². The number of hydrogen-bond acceptors (Lipinski definition) is 4. The van der Waals surface area contributed by atoms with E-state index in [-0.39, 0.29) is 11.8 Å². The first-order chi connectivity index (χ1) is 17.5. The molecule has 6 heteroatoms. The quantitative estimate of drug-likeness (QED) is 0.479. The van der Waals surface area contributed by atoms with E-state index in [1.807, 2.05) is 23.2 Å². The summed E-state index contributed by atoms with van der Waals surface area (Å²) in [6.07, 6.45) is 11.1. The maximum absolute atomic E-state index is 13.6. The number of pyridine rings is 1. The van der Waals surface area contributed by atoms with Crippen LogP contribution in [0.25, 0.3) is 0 Å². The molecule has 3 heterocycles. The van der Waals surface area contributed by atoms with Crippen molar-refractivity contribution < 1.29 is 9.59 Å². The second-order valence-electron chi connectivity index (χ2n) is 10.9. The molecule has 194 valence electrons. The van der Waals surface area contributed by atoms with Crippen LogP contribution < -0.4 is 5.32 Å². The van der Waals surface area contributed by atoms with Crippen molar-refractivity contribution in [3.05, 3.63) is 66.0 Å². The Bertz CT molecular complexity index is 971. The monoisotopic (exact) mass is 490 g/mol. The molecule has 2 fully saturated rings. The number of hydrogen-bond donors (Lipinski definition) is 1. The van der Waals surface area contributed by atoms with Crippen LogP contribution in [0, 0.1) is 5.92 Å². The van der Waals surface area contributed by atoms with Crippen LogP contribution in [0.15, 0.2) is 54.9 Å². The topological polar surface area (TPSA) is 65.5 Å². The van der Waals surface area contributed by atoms with Crippen LogP contribution in [0.4, 0.5) is 0 Å². The summed E-state index contributed by atoms with van der Waals surface area (Å²) in [5, 5.41) is 3.12. The van der Waals surface area contributed by atoms with Gasteiger partial charge in [0.2, 0.25) is 11.8 Å². The summed E-state index contributed by atoms with van der Waals surface area (Å²) in [5.41, 5.74) is 1.78. The average Bonchev–Trinajstić information content (AvgIpc) is 2.89. The van der Waals surface area contributed by atoms with Gasteiger partial charge in [0.05, 0.1) is 0 Å². The summed E-state index contributed by atoms with van der Waals surface area (Å²) in [7, 11) is 0. The molecule has 2 saturated heterocycles. The fourth-order valence-corrected chi connectivity index (χ4v) is 5.75. The Kier molecular flexibility index (Phi) is 9.13. The van der Waals surface area contributed by atoms with E-state index in [9.17, 15) is 9.59 Å². The molecule has 1 N–H and O–H groups in total. The van der Waals surface area contributed by atoms with Crippen molar-refractivity contribution in [1.29, 1.82) is 0 Å². The Morgan fingerprint density at radius 2 is 1.69 bits per heavy atom. The predicted molar refractivity (Wildman–Crippen MR) is 143 cm³/mol. The lowest BCUT2D eigenvalue weighted by Gasteiger charge is -2.52. The molecule has 0 aliphatic carbocycles. The highest BCUT2D eigenvalue weighted by atomic mass is 16.2. The van der Waals surface area contributed by atoms with Crippen LogP contribution in [0.2, 0.25) is 0 Å². The lowest BCUT2D eigenvalue weighted by molar-refractivity contribution is -0.161. The molecule has 6 nitrogen and oxygen atoms in total. The first-order valence-electron chi connectivity index (χ1n) is 13.8. The zero-order chi connectivity index (χ0) is 25.4. The molecule has 1 aromatic carbocycles. The van der Waals surface area contributed by atoms with Crippen molar-refractivity contribution in [3.8, 4) is 0 Å². The van der Waals surface area contributed by atoms with Gasteiger partial charge in [-0.15, -0.1) is 0 Å². The van der Waals surface area contributed by atoms with E-state index in [4.69, 9.17) is 0 Å². The van der Waals surface area contributed by atoms with Crippen molar-refractivity contribution in [2.24, 2.45) is 5.92 Å². The Hall–Kier alpha value is -2.73. The van der Waals surface area contributed by atoms with Crippen LogP contribution in [0.5, 0.6) is 0 Å². The number of carbonyl (C=O) groups excluding carboxylic acids is 2. The number of rotatable bonds is 11. The Morgan fingerprint density at radius 1 is 0.944 bits per heavy atom. The summed E-state index contributed by atoms with van der Waals surface area (Å²) in [4.78, 5) is 35.8. The first kappa shape index (κ1) is 26.3. The lowest BCUT2D eigenvalue weighted by Crippen LogP contribution is -2.73. The average molecular weight is 491 g/mol. The second kappa shape index (κ2) is 12.5. The van der Waals surface area contributed by atoms with E-state index in [1.54, 1.807) is 6.20 Å². The van der Waals surface area contributed by atoms with Crippen LogP contribution >= 0.6 is 0 Å². The Morgan fingerprint density at radius 3 is 2.39 bits per heavy atom. The van der Waals surface area contributed by atoms with Gasteiger partial charge in [0.25, 0.3) is 0 Å². The third-order valence-electron chi connectivity index (χ3n) is 7.83. The minimum absolute atomic E-state index is 0.0430. The predicted octanol–water partition coefficient (Wildman–Crippen LogP) is 4.24. The summed E-state index contributed by atoms with van der Waals surface area (Å²) in [6.45, 7) is 7.54. The molecule has 2 aromatic rings. The number of piperidine rings is 1. The first-order valence-corrected chi connectivity index (χ1v) is 13.8. The number of aromatic nitrogens is 1. The molecule has 36 heavy (non-hydrogen) atoms.